The molecule has 4 bridgehead atoms. The summed E-state index contributed by atoms with van der Waals surface area (Å²) in [4.78, 5) is 27.8. The van der Waals surface area contributed by atoms with Gasteiger partial charge in [0.25, 0.3) is 5.91 Å². The van der Waals surface area contributed by atoms with Gasteiger partial charge in [0.2, 0.25) is 5.91 Å². The molecular formula is C26H36N2O2. The number of carbonyl (C=O) groups excluding carboxylic acids is 2. The van der Waals surface area contributed by atoms with Crippen LogP contribution in [0.4, 0.5) is 0 Å². The van der Waals surface area contributed by atoms with Crippen LogP contribution in [0.5, 0.6) is 0 Å². The summed E-state index contributed by atoms with van der Waals surface area (Å²) in [5.41, 5.74) is 3.41. The fourth-order valence-electron chi connectivity index (χ4n) is 7.36. The number of benzene rings is 1. The Balaban J connectivity index is 1.13. The number of amides is 2. The maximum Gasteiger partial charge on any atom is 0.251 e. The molecule has 4 aliphatic carbocycles. The van der Waals surface area contributed by atoms with E-state index in [9.17, 15) is 9.59 Å². The van der Waals surface area contributed by atoms with E-state index in [1.54, 1.807) is 0 Å². The predicted molar refractivity (Wildman–Crippen MR) is 118 cm³/mol. The lowest BCUT2D eigenvalue weighted by Crippen LogP contribution is -2.50. The molecule has 1 saturated heterocycles. The van der Waals surface area contributed by atoms with Gasteiger partial charge in [0.05, 0.1) is 0 Å². The number of hydrogen-bond donors (Lipinski definition) is 1. The lowest BCUT2D eigenvalue weighted by Gasteiger charge is -2.57. The maximum atomic E-state index is 13.1. The van der Waals surface area contributed by atoms with E-state index in [2.05, 4.69) is 17.1 Å². The fraction of sp³-hybridized carbons (Fsp3) is 0.692. The second-order valence-electron chi connectivity index (χ2n) is 11.0. The van der Waals surface area contributed by atoms with Crippen LogP contribution in [0.3, 0.4) is 0 Å². The van der Waals surface area contributed by atoms with Gasteiger partial charge in [-0.1, -0.05) is 6.07 Å². The van der Waals surface area contributed by atoms with Gasteiger partial charge in [0, 0.05) is 31.1 Å². The van der Waals surface area contributed by atoms with E-state index >= 15 is 0 Å². The molecule has 4 nitrogen and oxygen atoms in total. The molecule has 0 radical (unpaired) electrons. The third-order valence-electron chi connectivity index (χ3n) is 8.64. The van der Waals surface area contributed by atoms with Gasteiger partial charge in [0.1, 0.15) is 0 Å². The molecule has 1 heterocycles. The Bertz CT molecular complexity index is 802. The van der Waals surface area contributed by atoms with E-state index in [0.29, 0.717) is 11.3 Å². The summed E-state index contributed by atoms with van der Waals surface area (Å²) < 4.78 is 0. The normalized spacial score (nSPS) is 33.0. The van der Waals surface area contributed by atoms with Crippen molar-refractivity contribution in [2.75, 3.05) is 13.1 Å². The molecule has 4 heteroatoms. The van der Waals surface area contributed by atoms with Crippen LogP contribution in [-0.4, -0.2) is 35.8 Å². The summed E-state index contributed by atoms with van der Waals surface area (Å²) in [6.07, 6.45) is 10.7. The molecule has 162 valence electrons. The highest BCUT2D eigenvalue weighted by Gasteiger charge is 2.51. The van der Waals surface area contributed by atoms with Gasteiger partial charge in [-0.15, -0.1) is 0 Å². The Kier molecular flexibility index (Phi) is 5.15. The SMILES string of the molecule is Cc1ccc(C(=O)NC2CCN(C(=O)CC34CC5CC(CC(C5)C3)C4)CC2)cc1C. The van der Waals surface area contributed by atoms with E-state index in [4.69, 9.17) is 0 Å². The maximum absolute atomic E-state index is 13.1. The van der Waals surface area contributed by atoms with Crippen LogP contribution in [0.2, 0.25) is 0 Å². The zero-order valence-electron chi connectivity index (χ0n) is 18.6. The Labute approximate surface area is 180 Å². The molecule has 5 aliphatic rings. The van der Waals surface area contributed by atoms with E-state index in [1.807, 2.05) is 25.1 Å². The first-order chi connectivity index (χ1) is 14.4. The highest BCUT2D eigenvalue weighted by Crippen LogP contribution is 2.61. The molecule has 2 amide bonds. The summed E-state index contributed by atoms with van der Waals surface area (Å²) in [5.74, 6) is 3.08. The Morgan fingerprint density at radius 3 is 2.13 bits per heavy atom. The number of hydrogen-bond acceptors (Lipinski definition) is 2. The first-order valence-corrected chi connectivity index (χ1v) is 12.0. The monoisotopic (exact) mass is 408 g/mol. The Morgan fingerprint density at radius 1 is 0.967 bits per heavy atom. The van der Waals surface area contributed by atoms with Crippen LogP contribution in [0.1, 0.15) is 79.3 Å². The third-order valence-corrected chi connectivity index (χ3v) is 8.64. The van der Waals surface area contributed by atoms with Gasteiger partial charge in [-0.3, -0.25) is 9.59 Å². The number of likely N-dealkylation sites (tertiary alicyclic amines) is 1. The van der Waals surface area contributed by atoms with E-state index < -0.39 is 0 Å². The van der Waals surface area contributed by atoms with Crippen molar-refractivity contribution in [1.82, 2.24) is 10.2 Å². The van der Waals surface area contributed by atoms with Crippen molar-refractivity contribution < 1.29 is 9.59 Å². The predicted octanol–water partition coefficient (Wildman–Crippen LogP) is 4.63. The summed E-state index contributed by atoms with van der Waals surface area (Å²) >= 11 is 0. The van der Waals surface area contributed by atoms with Crippen molar-refractivity contribution >= 4 is 11.8 Å². The van der Waals surface area contributed by atoms with Gasteiger partial charge in [0.15, 0.2) is 0 Å². The minimum Gasteiger partial charge on any atom is -0.349 e. The average Bonchev–Trinajstić information content (AvgIpc) is 2.69. The summed E-state index contributed by atoms with van der Waals surface area (Å²) in [5, 5.41) is 3.19. The molecule has 0 atom stereocenters. The van der Waals surface area contributed by atoms with Crippen molar-refractivity contribution in [1.29, 1.82) is 0 Å². The van der Waals surface area contributed by atoms with Gasteiger partial charge in [-0.2, -0.15) is 0 Å². The summed E-state index contributed by atoms with van der Waals surface area (Å²) in [6, 6.07) is 6.05. The molecule has 30 heavy (non-hydrogen) atoms. The topological polar surface area (TPSA) is 49.4 Å². The Morgan fingerprint density at radius 2 is 1.57 bits per heavy atom. The highest BCUT2D eigenvalue weighted by atomic mass is 16.2. The number of piperidine rings is 1. The van der Waals surface area contributed by atoms with Crippen LogP contribution >= 0.6 is 0 Å². The number of carbonyl (C=O) groups is 2. The zero-order valence-corrected chi connectivity index (χ0v) is 18.6. The first-order valence-electron chi connectivity index (χ1n) is 12.0. The molecule has 0 aromatic heterocycles. The minimum absolute atomic E-state index is 0.0106. The molecule has 0 unspecified atom stereocenters. The number of nitrogens with one attached hydrogen (secondary N) is 1. The van der Waals surface area contributed by atoms with Crippen molar-refractivity contribution in [2.45, 2.75) is 77.7 Å². The second kappa shape index (κ2) is 7.69. The van der Waals surface area contributed by atoms with Crippen LogP contribution in [-0.2, 0) is 4.79 Å². The fourth-order valence-corrected chi connectivity index (χ4v) is 7.36. The van der Waals surface area contributed by atoms with Crippen LogP contribution in [0.15, 0.2) is 18.2 Å². The minimum atomic E-state index is 0.0106. The largest absolute Gasteiger partial charge is 0.349 e. The van der Waals surface area contributed by atoms with Gasteiger partial charge < -0.3 is 10.2 Å². The Hall–Kier alpha value is -1.84. The van der Waals surface area contributed by atoms with E-state index in [1.165, 1.54) is 44.1 Å². The molecule has 0 spiro atoms. The summed E-state index contributed by atoms with van der Waals surface area (Å²) in [6.45, 7) is 5.67. The molecule has 1 N–H and O–H groups in total. The summed E-state index contributed by atoms with van der Waals surface area (Å²) in [7, 11) is 0. The smallest absolute Gasteiger partial charge is 0.251 e. The van der Waals surface area contributed by atoms with Crippen LogP contribution < -0.4 is 5.32 Å². The molecule has 4 saturated carbocycles. The third kappa shape index (κ3) is 3.90. The van der Waals surface area contributed by atoms with Gasteiger partial charge in [-0.25, -0.2) is 0 Å². The number of aryl methyl sites for hydroxylation is 2. The standard InChI is InChI=1S/C26H36N2O2/c1-17-3-4-22(9-18(17)2)25(30)27-23-5-7-28(8-6-23)24(29)16-26-13-19-10-20(14-26)12-21(11-19)15-26/h3-4,9,19-21,23H,5-8,10-16H2,1-2H3,(H,27,30). The highest BCUT2D eigenvalue weighted by molar-refractivity contribution is 5.94. The van der Waals surface area contributed by atoms with Crippen molar-refractivity contribution in [3.8, 4) is 0 Å². The molecule has 1 aliphatic heterocycles. The molecule has 5 fully saturated rings. The molecule has 1 aromatic carbocycles. The number of nitrogens with zero attached hydrogens (tertiary/aromatic N) is 1. The molecule has 1 aromatic rings. The molecular weight excluding hydrogens is 372 g/mol. The van der Waals surface area contributed by atoms with E-state index in [0.717, 1.165) is 61.2 Å². The molecule has 6 rings (SSSR count). The van der Waals surface area contributed by atoms with Gasteiger partial charge >= 0.3 is 0 Å². The van der Waals surface area contributed by atoms with Crippen molar-refractivity contribution in [3.63, 3.8) is 0 Å². The van der Waals surface area contributed by atoms with Crippen molar-refractivity contribution in [2.24, 2.45) is 23.2 Å². The van der Waals surface area contributed by atoms with Crippen LogP contribution in [0.25, 0.3) is 0 Å². The van der Waals surface area contributed by atoms with Crippen molar-refractivity contribution in [3.05, 3.63) is 34.9 Å². The first kappa shape index (κ1) is 20.1. The van der Waals surface area contributed by atoms with Crippen LogP contribution in [0, 0.1) is 37.0 Å². The second-order valence-corrected chi connectivity index (χ2v) is 11.0. The zero-order chi connectivity index (χ0) is 20.9. The lowest BCUT2D eigenvalue weighted by molar-refractivity contribution is -0.140. The van der Waals surface area contributed by atoms with Gasteiger partial charge in [-0.05, 0) is 112 Å². The number of rotatable bonds is 4. The quantitative estimate of drug-likeness (QED) is 0.790. The average molecular weight is 409 g/mol. The van der Waals surface area contributed by atoms with E-state index in [-0.39, 0.29) is 11.9 Å². The lowest BCUT2D eigenvalue weighted by atomic mass is 9.49.